The number of anilines is 2. The lowest BCUT2D eigenvalue weighted by Crippen LogP contribution is -2.10. The van der Waals surface area contributed by atoms with Gasteiger partial charge in [0.25, 0.3) is 0 Å². The summed E-state index contributed by atoms with van der Waals surface area (Å²) in [6.07, 6.45) is 5.65. The zero-order valence-corrected chi connectivity index (χ0v) is 16.6. The number of carbonyl (C=O) groups is 1. The summed E-state index contributed by atoms with van der Waals surface area (Å²) in [5.74, 6) is 0.155. The van der Waals surface area contributed by atoms with Crippen LogP contribution in [-0.4, -0.2) is 32.3 Å². The number of ether oxygens (including phenoxy) is 1. The third kappa shape index (κ3) is 3.28. The number of rotatable bonds is 5. The fraction of sp³-hybridized carbons (Fsp3) is 0.217. The predicted octanol–water partition coefficient (Wildman–Crippen LogP) is 4.28. The number of fused-ring (bicyclic) bond motifs is 2. The summed E-state index contributed by atoms with van der Waals surface area (Å²) in [6.45, 7) is 2.14. The van der Waals surface area contributed by atoms with Crippen molar-refractivity contribution in [3.05, 3.63) is 77.6 Å². The lowest BCUT2D eigenvalue weighted by atomic mass is 10.1. The van der Waals surface area contributed by atoms with Crippen molar-refractivity contribution in [2.75, 3.05) is 11.9 Å². The second kappa shape index (κ2) is 7.59. The van der Waals surface area contributed by atoms with E-state index >= 15 is 0 Å². The van der Waals surface area contributed by atoms with Crippen LogP contribution in [0, 0.1) is 0 Å². The molecule has 0 fully saturated rings. The number of esters is 1. The molecule has 2 aromatic heterocycles. The van der Waals surface area contributed by atoms with Crippen LogP contribution in [0.15, 0.2) is 60.9 Å². The Kier molecular flexibility index (Phi) is 4.63. The molecule has 0 spiro atoms. The van der Waals surface area contributed by atoms with Gasteiger partial charge in [-0.1, -0.05) is 24.3 Å². The summed E-state index contributed by atoms with van der Waals surface area (Å²) >= 11 is 0. The van der Waals surface area contributed by atoms with Gasteiger partial charge in [-0.05, 0) is 55.2 Å². The SMILES string of the molecule is CCOC(=O)c1ccc(Nc2ncc3cnn([C@H]4CCc5ccccc54)c3n2)cc1. The summed E-state index contributed by atoms with van der Waals surface area (Å²) < 4.78 is 7.02. The number of carbonyl (C=O) groups excluding carboxylic acids is 1. The van der Waals surface area contributed by atoms with Crippen molar-refractivity contribution < 1.29 is 9.53 Å². The van der Waals surface area contributed by atoms with E-state index in [9.17, 15) is 4.79 Å². The molecule has 7 heteroatoms. The molecule has 150 valence electrons. The molecular formula is C23H21N5O2. The molecular weight excluding hydrogens is 378 g/mol. The summed E-state index contributed by atoms with van der Waals surface area (Å²) in [5.41, 5.74) is 4.79. The van der Waals surface area contributed by atoms with Gasteiger partial charge in [0.1, 0.15) is 0 Å². The summed E-state index contributed by atoms with van der Waals surface area (Å²) in [4.78, 5) is 20.9. The Hall–Kier alpha value is -3.74. The first-order valence-electron chi connectivity index (χ1n) is 10.0. The lowest BCUT2D eigenvalue weighted by Gasteiger charge is -2.13. The van der Waals surface area contributed by atoms with Crippen LogP contribution in [0.5, 0.6) is 0 Å². The fourth-order valence-corrected chi connectivity index (χ4v) is 3.95. The monoisotopic (exact) mass is 399 g/mol. The van der Waals surface area contributed by atoms with E-state index in [-0.39, 0.29) is 12.0 Å². The topological polar surface area (TPSA) is 81.9 Å². The molecule has 30 heavy (non-hydrogen) atoms. The Labute approximate surface area is 173 Å². The molecule has 0 unspecified atom stereocenters. The highest BCUT2D eigenvalue weighted by atomic mass is 16.5. The van der Waals surface area contributed by atoms with E-state index in [2.05, 4.69) is 39.7 Å². The number of nitrogens with zero attached hydrogens (tertiary/aromatic N) is 4. The van der Waals surface area contributed by atoms with Crippen molar-refractivity contribution in [3.8, 4) is 0 Å². The second-order valence-corrected chi connectivity index (χ2v) is 7.24. The van der Waals surface area contributed by atoms with E-state index in [4.69, 9.17) is 9.72 Å². The standard InChI is InChI=1S/C23H21N5O2/c1-2-30-22(29)16-7-10-18(11-8-16)26-23-24-13-17-14-25-28(21(17)27-23)20-12-9-15-5-3-4-6-19(15)20/h3-8,10-11,13-14,20H,2,9,12H2,1H3,(H,24,26,27)/t20-/m0/s1. The first-order chi connectivity index (χ1) is 14.7. The highest BCUT2D eigenvalue weighted by Crippen LogP contribution is 2.35. The van der Waals surface area contributed by atoms with Crippen LogP contribution in [0.1, 0.15) is 40.9 Å². The molecule has 0 radical (unpaired) electrons. The molecule has 1 aliphatic rings. The number of benzene rings is 2. The number of nitrogens with one attached hydrogen (secondary N) is 1. The van der Waals surface area contributed by atoms with E-state index in [1.54, 1.807) is 25.3 Å². The molecule has 4 aromatic rings. The van der Waals surface area contributed by atoms with Crippen LogP contribution in [-0.2, 0) is 11.2 Å². The van der Waals surface area contributed by atoms with Gasteiger partial charge in [0.2, 0.25) is 5.95 Å². The van der Waals surface area contributed by atoms with Crippen LogP contribution in [0.3, 0.4) is 0 Å². The Bertz CT molecular complexity index is 1220. The van der Waals surface area contributed by atoms with E-state index in [0.29, 0.717) is 18.1 Å². The fourth-order valence-electron chi connectivity index (χ4n) is 3.95. The molecule has 1 N–H and O–H groups in total. The first-order valence-corrected chi connectivity index (χ1v) is 10.0. The van der Waals surface area contributed by atoms with Gasteiger partial charge in [0, 0.05) is 11.9 Å². The van der Waals surface area contributed by atoms with E-state index in [1.807, 2.05) is 23.0 Å². The molecule has 2 heterocycles. The predicted molar refractivity (Wildman–Crippen MR) is 114 cm³/mol. The molecule has 0 amide bonds. The molecule has 2 aromatic carbocycles. The number of aryl methyl sites for hydroxylation is 1. The Morgan fingerprint density at radius 3 is 2.83 bits per heavy atom. The molecule has 7 nitrogen and oxygen atoms in total. The maximum atomic E-state index is 11.8. The van der Waals surface area contributed by atoms with Crippen molar-refractivity contribution >= 4 is 28.6 Å². The lowest BCUT2D eigenvalue weighted by molar-refractivity contribution is 0.0526. The molecule has 0 saturated heterocycles. The molecule has 0 saturated carbocycles. The highest BCUT2D eigenvalue weighted by molar-refractivity contribution is 5.89. The summed E-state index contributed by atoms with van der Waals surface area (Å²) in [5, 5.41) is 8.72. The van der Waals surface area contributed by atoms with Crippen LogP contribution in [0.2, 0.25) is 0 Å². The quantitative estimate of drug-likeness (QED) is 0.505. The third-order valence-electron chi connectivity index (χ3n) is 5.38. The average Bonchev–Trinajstić information content (AvgIpc) is 3.38. The van der Waals surface area contributed by atoms with Gasteiger partial charge in [-0.3, -0.25) is 0 Å². The maximum Gasteiger partial charge on any atom is 0.338 e. The van der Waals surface area contributed by atoms with Gasteiger partial charge < -0.3 is 10.1 Å². The van der Waals surface area contributed by atoms with Crippen LogP contribution in [0.25, 0.3) is 11.0 Å². The van der Waals surface area contributed by atoms with Crippen molar-refractivity contribution in [1.82, 2.24) is 19.7 Å². The zero-order chi connectivity index (χ0) is 20.5. The van der Waals surface area contributed by atoms with Gasteiger partial charge in [0.05, 0.1) is 29.8 Å². The summed E-state index contributed by atoms with van der Waals surface area (Å²) in [7, 11) is 0. The van der Waals surface area contributed by atoms with Gasteiger partial charge in [-0.2, -0.15) is 10.1 Å². The molecule has 1 atom stereocenters. The van der Waals surface area contributed by atoms with E-state index in [1.165, 1.54) is 11.1 Å². The van der Waals surface area contributed by atoms with Crippen molar-refractivity contribution in [2.45, 2.75) is 25.8 Å². The minimum Gasteiger partial charge on any atom is -0.462 e. The van der Waals surface area contributed by atoms with Crippen molar-refractivity contribution in [2.24, 2.45) is 0 Å². The van der Waals surface area contributed by atoms with Crippen molar-refractivity contribution in [3.63, 3.8) is 0 Å². The zero-order valence-electron chi connectivity index (χ0n) is 16.6. The minimum absolute atomic E-state index is 0.185. The molecule has 1 aliphatic carbocycles. The van der Waals surface area contributed by atoms with Gasteiger partial charge in [-0.25, -0.2) is 14.5 Å². The number of hydrogen-bond acceptors (Lipinski definition) is 6. The van der Waals surface area contributed by atoms with Crippen LogP contribution < -0.4 is 5.32 Å². The Balaban J connectivity index is 1.42. The third-order valence-corrected chi connectivity index (χ3v) is 5.38. The molecule has 0 aliphatic heterocycles. The smallest absolute Gasteiger partial charge is 0.338 e. The Morgan fingerprint density at radius 2 is 2.00 bits per heavy atom. The Morgan fingerprint density at radius 1 is 1.17 bits per heavy atom. The molecule has 0 bridgehead atoms. The number of aromatic nitrogens is 4. The average molecular weight is 399 g/mol. The van der Waals surface area contributed by atoms with Gasteiger partial charge in [-0.15, -0.1) is 0 Å². The van der Waals surface area contributed by atoms with Crippen molar-refractivity contribution in [1.29, 1.82) is 0 Å². The highest BCUT2D eigenvalue weighted by Gasteiger charge is 2.26. The minimum atomic E-state index is -0.331. The first kappa shape index (κ1) is 18.3. The van der Waals surface area contributed by atoms with Gasteiger partial charge in [0.15, 0.2) is 5.65 Å². The van der Waals surface area contributed by atoms with Gasteiger partial charge >= 0.3 is 5.97 Å². The largest absolute Gasteiger partial charge is 0.462 e. The normalized spacial score (nSPS) is 15.2. The maximum absolute atomic E-state index is 11.8. The number of hydrogen-bond donors (Lipinski definition) is 1. The van der Waals surface area contributed by atoms with E-state index < -0.39 is 0 Å². The van der Waals surface area contributed by atoms with E-state index in [0.717, 1.165) is 29.6 Å². The molecule has 5 rings (SSSR count). The van der Waals surface area contributed by atoms with Crippen LogP contribution in [0.4, 0.5) is 11.6 Å². The second-order valence-electron chi connectivity index (χ2n) is 7.24. The van der Waals surface area contributed by atoms with Crippen LogP contribution >= 0.6 is 0 Å². The summed E-state index contributed by atoms with van der Waals surface area (Å²) in [6, 6.07) is 15.8.